The Bertz CT molecular complexity index is 841. The van der Waals surface area contributed by atoms with E-state index in [0.717, 1.165) is 0 Å². The predicted octanol–water partition coefficient (Wildman–Crippen LogP) is 2.50. The van der Waals surface area contributed by atoms with E-state index in [1.165, 1.54) is 11.0 Å². The number of likely N-dealkylation sites (N-methyl/N-ethyl adjacent to an activating group) is 1. The summed E-state index contributed by atoms with van der Waals surface area (Å²) in [5.74, 6) is -1.11. The molecule has 6 nitrogen and oxygen atoms in total. The Balaban J connectivity index is 2.19. The van der Waals surface area contributed by atoms with Crippen molar-refractivity contribution in [2.24, 2.45) is 5.73 Å². The van der Waals surface area contributed by atoms with E-state index in [1.54, 1.807) is 56.4 Å². The van der Waals surface area contributed by atoms with E-state index >= 15 is 0 Å². The number of nitrogens with two attached hydrogens (primary N) is 1. The zero-order valence-corrected chi connectivity index (χ0v) is 14.1. The van der Waals surface area contributed by atoms with E-state index in [2.05, 4.69) is 11.9 Å². The Morgan fingerprint density at radius 3 is 2.32 bits per heavy atom. The van der Waals surface area contributed by atoms with Gasteiger partial charge in [-0.25, -0.2) is 0 Å². The van der Waals surface area contributed by atoms with Crippen molar-refractivity contribution in [3.63, 3.8) is 0 Å². The number of hydrogen-bond acceptors (Lipinski definition) is 3. The van der Waals surface area contributed by atoms with E-state index < -0.39 is 5.91 Å². The van der Waals surface area contributed by atoms with Crippen LogP contribution in [0.3, 0.4) is 0 Å². The van der Waals surface area contributed by atoms with Gasteiger partial charge in [0.15, 0.2) is 0 Å². The lowest BCUT2D eigenvalue weighted by Crippen LogP contribution is -2.23. The predicted molar refractivity (Wildman–Crippen MR) is 97.7 cm³/mol. The van der Waals surface area contributed by atoms with Crippen LogP contribution in [-0.4, -0.2) is 24.8 Å². The average molecular weight is 337 g/mol. The maximum atomic E-state index is 12.4. The van der Waals surface area contributed by atoms with Crippen LogP contribution in [0.2, 0.25) is 0 Å². The topological polar surface area (TPSA) is 92.5 Å². The van der Waals surface area contributed by atoms with E-state index in [9.17, 15) is 14.4 Å². The summed E-state index contributed by atoms with van der Waals surface area (Å²) in [7, 11) is 1.62. The Morgan fingerprint density at radius 2 is 1.76 bits per heavy atom. The van der Waals surface area contributed by atoms with Gasteiger partial charge in [-0.15, -0.1) is 0 Å². The van der Waals surface area contributed by atoms with Crippen LogP contribution in [0.5, 0.6) is 0 Å². The van der Waals surface area contributed by atoms with Gasteiger partial charge in [-0.2, -0.15) is 0 Å². The molecule has 0 aliphatic rings. The molecule has 0 spiro atoms. The van der Waals surface area contributed by atoms with Gasteiger partial charge in [0.1, 0.15) is 0 Å². The quantitative estimate of drug-likeness (QED) is 0.821. The zero-order chi connectivity index (χ0) is 18.6. The van der Waals surface area contributed by atoms with Gasteiger partial charge in [-0.1, -0.05) is 12.6 Å². The van der Waals surface area contributed by atoms with Crippen LogP contribution in [0.15, 0.2) is 55.1 Å². The third-order valence-electron chi connectivity index (χ3n) is 3.87. The summed E-state index contributed by atoms with van der Waals surface area (Å²) in [6.45, 7) is 5.16. The average Bonchev–Trinajstić information content (AvgIpc) is 2.61. The summed E-state index contributed by atoms with van der Waals surface area (Å²) in [4.78, 5) is 36.8. The molecule has 128 valence electrons. The molecule has 0 aromatic heterocycles. The van der Waals surface area contributed by atoms with E-state index in [1.807, 2.05) is 0 Å². The van der Waals surface area contributed by atoms with Gasteiger partial charge in [-0.05, 0) is 55.0 Å². The summed E-state index contributed by atoms with van der Waals surface area (Å²) >= 11 is 0. The number of benzene rings is 2. The van der Waals surface area contributed by atoms with Crippen LogP contribution in [0, 0.1) is 6.92 Å². The molecule has 0 radical (unpaired) electrons. The molecular formula is C19H19N3O3. The first kappa shape index (κ1) is 17.9. The first-order valence-electron chi connectivity index (χ1n) is 7.56. The van der Waals surface area contributed by atoms with E-state index in [-0.39, 0.29) is 11.8 Å². The summed E-state index contributed by atoms with van der Waals surface area (Å²) in [5, 5.41) is 2.76. The third-order valence-corrected chi connectivity index (χ3v) is 3.87. The highest BCUT2D eigenvalue weighted by Crippen LogP contribution is 2.20. The minimum Gasteiger partial charge on any atom is -0.366 e. The highest BCUT2D eigenvalue weighted by molar-refractivity contribution is 6.06. The second-order valence-electron chi connectivity index (χ2n) is 5.44. The van der Waals surface area contributed by atoms with Crippen LogP contribution in [0.25, 0.3) is 0 Å². The number of anilines is 2. The van der Waals surface area contributed by atoms with Crippen molar-refractivity contribution >= 4 is 29.1 Å². The monoisotopic (exact) mass is 337 g/mol. The fraction of sp³-hybridized carbons (Fsp3) is 0.105. The smallest absolute Gasteiger partial charge is 0.255 e. The Kier molecular flexibility index (Phi) is 5.34. The SMILES string of the molecule is C=CC(=O)N(C)c1ccc(C(=O)Nc2cccc(C(N)=O)c2C)cc1. The Hall–Kier alpha value is -3.41. The van der Waals surface area contributed by atoms with Crippen LogP contribution in [-0.2, 0) is 4.79 Å². The Labute approximate surface area is 145 Å². The fourth-order valence-electron chi connectivity index (χ4n) is 2.33. The lowest BCUT2D eigenvalue weighted by molar-refractivity contribution is -0.113. The standard InChI is InChI=1S/C19H19N3O3/c1-4-17(23)22(3)14-10-8-13(9-11-14)19(25)21-16-7-5-6-15(12(16)2)18(20)24/h4-11H,1H2,2-3H3,(H2,20,24)(H,21,25). The van der Waals surface area contributed by atoms with Crippen molar-refractivity contribution in [2.75, 3.05) is 17.3 Å². The van der Waals surface area contributed by atoms with Gasteiger partial charge in [0, 0.05) is 29.5 Å². The second-order valence-corrected chi connectivity index (χ2v) is 5.44. The van der Waals surface area contributed by atoms with Crippen LogP contribution in [0.1, 0.15) is 26.3 Å². The van der Waals surface area contributed by atoms with Crippen molar-refractivity contribution in [3.05, 3.63) is 71.8 Å². The molecule has 2 aromatic rings. The minimum absolute atomic E-state index is 0.240. The lowest BCUT2D eigenvalue weighted by atomic mass is 10.1. The van der Waals surface area contributed by atoms with Crippen LogP contribution < -0.4 is 16.0 Å². The molecule has 2 rings (SSSR count). The first-order valence-corrected chi connectivity index (χ1v) is 7.56. The number of hydrogen-bond donors (Lipinski definition) is 2. The van der Waals surface area contributed by atoms with Crippen LogP contribution in [0.4, 0.5) is 11.4 Å². The van der Waals surface area contributed by atoms with Gasteiger partial charge in [0.05, 0.1) is 0 Å². The fourth-order valence-corrected chi connectivity index (χ4v) is 2.33. The van der Waals surface area contributed by atoms with E-state index in [4.69, 9.17) is 5.73 Å². The van der Waals surface area contributed by atoms with Crippen LogP contribution >= 0.6 is 0 Å². The number of primary amides is 1. The number of carbonyl (C=O) groups is 3. The van der Waals surface area contributed by atoms with Gasteiger partial charge >= 0.3 is 0 Å². The molecule has 0 saturated carbocycles. The maximum absolute atomic E-state index is 12.4. The molecule has 0 bridgehead atoms. The molecule has 3 N–H and O–H groups in total. The number of amides is 3. The zero-order valence-electron chi connectivity index (χ0n) is 14.1. The van der Waals surface area contributed by atoms with Crippen molar-refractivity contribution in [1.82, 2.24) is 0 Å². The third kappa shape index (κ3) is 3.92. The molecule has 2 aromatic carbocycles. The molecule has 0 unspecified atom stereocenters. The normalized spacial score (nSPS) is 10.0. The molecule has 25 heavy (non-hydrogen) atoms. The second kappa shape index (κ2) is 7.44. The molecule has 6 heteroatoms. The first-order chi connectivity index (χ1) is 11.8. The highest BCUT2D eigenvalue weighted by atomic mass is 16.2. The number of nitrogens with zero attached hydrogens (tertiary/aromatic N) is 1. The van der Waals surface area contributed by atoms with Gasteiger partial charge in [0.25, 0.3) is 5.91 Å². The molecule has 0 aliphatic carbocycles. The van der Waals surface area contributed by atoms with Crippen molar-refractivity contribution in [3.8, 4) is 0 Å². The Morgan fingerprint density at radius 1 is 1.12 bits per heavy atom. The molecule has 0 aliphatic heterocycles. The van der Waals surface area contributed by atoms with Crippen molar-refractivity contribution < 1.29 is 14.4 Å². The van der Waals surface area contributed by atoms with Crippen molar-refractivity contribution in [2.45, 2.75) is 6.92 Å². The molecule has 3 amide bonds. The summed E-state index contributed by atoms with van der Waals surface area (Å²) < 4.78 is 0. The van der Waals surface area contributed by atoms with Gasteiger partial charge in [0.2, 0.25) is 11.8 Å². The minimum atomic E-state index is -0.548. The number of rotatable bonds is 5. The van der Waals surface area contributed by atoms with Crippen molar-refractivity contribution in [1.29, 1.82) is 0 Å². The summed E-state index contributed by atoms with van der Waals surface area (Å²) in [6.07, 6.45) is 1.22. The molecular weight excluding hydrogens is 318 g/mol. The molecule has 0 atom stereocenters. The summed E-state index contributed by atoms with van der Waals surface area (Å²) in [5.41, 5.74) is 7.87. The van der Waals surface area contributed by atoms with Gasteiger partial charge in [-0.3, -0.25) is 14.4 Å². The maximum Gasteiger partial charge on any atom is 0.255 e. The number of carbonyl (C=O) groups excluding carboxylic acids is 3. The summed E-state index contributed by atoms with van der Waals surface area (Å²) in [6, 6.07) is 11.5. The lowest BCUT2D eigenvalue weighted by Gasteiger charge is -2.15. The van der Waals surface area contributed by atoms with Gasteiger partial charge < -0.3 is 16.0 Å². The highest BCUT2D eigenvalue weighted by Gasteiger charge is 2.13. The largest absolute Gasteiger partial charge is 0.366 e. The number of nitrogens with one attached hydrogen (secondary N) is 1. The molecule has 0 heterocycles. The molecule has 0 saturated heterocycles. The van der Waals surface area contributed by atoms with E-state index in [0.29, 0.717) is 28.1 Å². The molecule has 0 fully saturated rings.